The average Bonchev–Trinajstić information content (AvgIpc) is 2.26. The van der Waals surface area contributed by atoms with Crippen LogP contribution in [0.4, 0.5) is 5.69 Å². The molecule has 1 aromatic rings. The summed E-state index contributed by atoms with van der Waals surface area (Å²) in [6.07, 6.45) is -0.903. The second kappa shape index (κ2) is 5.95. The van der Waals surface area contributed by atoms with Gasteiger partial charge in [0.1, 0.15) is 6.61 Å². The second-order valence-electron chi connectivity index (χ2n) is 3.35. The molecule has 0 spiro atoms. The molecule has 0 aliphatic heterocycles. The summed E-state index contributed by atoms with van der Waals surface area (Å²) in [7, 11) is 0. The van der Waals surface area contributed by atoms with Gasteiger partial charge < -0.3 is 14.9 Å². The molecule has 0 amide bonds. The van der Waals surface area contributed by atoms with Gasteiger partial charge in [0.2, 0.25) is 5.75 Å². The molecule has 6 nitrogen and oxygen atoms in total. The third-order valence-corrected chi connectivity index (χ3v) is 2.51. The van der Waals surface area contributed by atoms with E-state index >= 15 is 0 Å². The Morgan fingerprint density at radius 3 is 2.71 bits per heavy atom. The lowest BCUT2D eigenvalue weighted by Crippen LogP contribution is -2.08. The average molecular weight is 306 g/mol. The summed E-state index contributed by atoms with van der Waals surface area (Å²) < 4.78 is 5.61. The van der Waals surface area contributed by atoms with E-state index in [0.717, 1.165) is 0 Å². The minimum atomic E-state index is -0.903. The molecule has 0 aliphatic carbocycles. The van der Waals surface area contributed by atoms with E-state index in [1.54, 1.807) is 6.07 Å². The standard InChI is InChI=1S/C10H12BrNO5/c1-6(14)8-4-7(11)5-9(12(15)16)10(8)17-3-2-13/h4-6,13-14H,2-3H2,1H3. The predicted molar refractivity (Wildman–Crippen MR) is 64.0 cm³/mol. The Kier molecular flexibility index (Phi) is 4.86. The first-order valence-corrected chi connectivity index (χ1v) is 5.66. The van der Waals surface area contributed by atoms with Crippen LogP contribution in [0, 0.1) is 10.1 Å². The first-order valence-electron chi connectivity index (χ1n) is 4.87. The molecule has 1 unspecified atom stereocenters. The molecular formula is C10H12BrNO5. The van der Waals surface area contributed by atoms with E-state index < -0.39 is 11.0 Å². The van der Waals surface area contributed by atoms with Crippen LogP contribution in [0.1, 0.15) is 18.6 Å². The molecule has 17 heavy (non-hydrogen) atoms. The van der Waals surface area contributed by atoms with Gasteiger partial charge in [-0.3, -0.25) is 10.1 Å². The zero-order chi connectivity index (χ0) is 13.0. The molecule has 0 saturated carbocycles. The fourth-order valence-electron chi connectivity index (χ4n) is 1.35. The number of nitro groups is 1. The van der Waals surface area contributed by atoms with E-state index in [0.29, 0.717) is 10.0 Å². The van der Waals surface area contributed by atoms with Crippen LogP contribution in [0.15, 0.2) is 16.6 Å². The van der Waals surface area contributed by atoms with E-state index in [-0.39, 0.29) is 24.7 Å². The first-order chi connectivity index (χ1) is 7.97. The molecule has 94 valence electrons. The van der Waals surface area contributed by atoms with E-state index in [4.69, 9.17) is 9.84 Å². The van der Waals surface area contributed by atoms with Crippen LogP contribution in [0.25, 0.3) is 0 Å². The van der Waals surface area contributed by atoms with Crippen LogP contribution in [0.5, 0.6) is 5.75 Å². The van der Waals surface area contributed by atoms with Gasteiger partial charge >= 0.3 is 5.69 Å². The van der Waals surface area contributed by atoms with Crippen molar-refractivity contribution in [3.05, 3.63) is 32.3 Å². The molecule has 0 radical (unpaired) electrons. The quantitative estimate of drug-likeness (QED) is 0.639. The Morgan fingerprint density at radius 2 is 2.24 bits per heavy atom. The molecule has 0 saturated heterocycles. The van der Waals surface area contributed by atoms with E-state index in [9.17, 15) is 15.2 Å². The highest BCUT2D eigenvalue weighted by molar-refractivity contribution is 9.10. The maximum Gasteiger partial charge on any atom is 0.312 e. The summed E-state index contributed by atoms with van der Waals surface area (Å²) in [5, 5.41) is 29.1. The highest BCUT2D eigenvalue weighted by atomic mass is 79.9. The fourth-order valence-corrected chi connectivity index (χ4v) is 1.81. The van der Waals surface area contributed by atoms with E-state index in [2.05, 4.69) is 15.9 Å². The number of benzene rings is 1. The van der Waals surface area contributed by atoms with Crippen molar-refractivity contribution < 1.29 is 19.9 Å². The second-order valence-corrected chi connectivity index (χ2v) is 4.26. The Labute approximate surface area is 106 Å². The van der Waals surface area contributed by atoms with Crippen molar-refractivity contribution in [3.8, 4) is 5.75 Å². The van der Waals surface area contributed by atoms with Crippen LogP contribution in [0.2, 0.25) is 0 Å². The number of hydrogen-bond acceptors (Lipinski definition) is 5. The topological polar surface area (TPSA) is 92.8 Å². The monoisotopic (exact) mass is 305 g/mol. The van der Waals surface area contributed by atoms with Gasteiger partial charge in [-0.2, -0.15) is 0 Å². The van der Waals surface area contributed by atoms with Gasteiger partial charge in [-0.05, 0) is 13.0 Å². The molecule has 1 aromatic carbocycles. The third-order valence-electron chi connectivity index (χ3n) is 2.05. The van der Waals surface area contributed by atoms with Crippen molar-refractivity contribution in [1.82, 2.24) is 0 Å². The highest BCUT2D eigenvalue weighted by Crippen LogP contribution is 2.37. The van der Waals surface area contributed by atoms with Crippen LogP contribution in [-0.4, -0.2) is 28.4 Å². The molecule has 2 N–H and O–H groups in total. The summed E-state index contributed by atoms with van der Waals surface area (Å²) in [5.41, 5.74) is 0.0586. The van der Waals surface area contributed by atoms with Gasteiger partial charge in [0.25, 0.3) is 0 Å². The lowest BCUT2D eigenvalue weighted by atomic mass is 10.1. The molecule has 1 rings (SSSR count). The van der Waals surface area contributed by atoms with Gasteiger partial charge in [0.05, 0.1) is 17.6 Å². The van der Waals surface area contributed by atoms with Gasteiger partial charge in [0.15, 0.2) is 0 Å². The highest BCUT2D eigenvalue weighted by Gasteiger charge is 2.23. The summed E-state index contributed by atoms with van der Waals surface area (Å²) in [6, 6.07) is 2.84. The number of ether oxygens (including phenoxy) is 1. The van der Waals surface area contributed by atoms with E-state index in [1.807, 2.05) is 0 Å². The molecule has 0 fully saturated rings. The van der Waals surface area contributed by atoms with Gasteiger partial charge in [-0.15, -0.1) is 0 Å². The molecule has 0 heterocycles. The van der Waals surface area contributed by atoms with Crippen molar-refractivity contribution in [2.75, 3.05) is 13.2 Å². The number of nitro benzene ring substituents is 1. The minimum absolute atomic E-state index is 0.0118. The molecule has 7 heteroatoms. The summed E-state index contributed by atoms with van der Waals surface area (Å²) in [5.74, 6) is -0.0118. The van der Waals surface area contributed by atoms with Crippen molar-refractivity contribution in [1.29, 1.82) is 0 Å². The number of nitrogens with zero attached hydrogens (tertiary/aromatic N) is 1. The van der Waals surface area contributed by atoms with Crippen molar-refractivity contribution in [2.24, 2.45) is 0 Å². The maximum atomic E-state index is 10.9. The Bertz CT molecular complexity index is 421. The van der Waals surface area contributed by atoms with Crippen LogP contribution >= 0.6 is 15.9 Å². The largest absolute Gasteiger partial charge is 0.484 e. The molecule has 0 aliphatic rings. The normalized spacial score (nSPS) is 12.2. The Balaban J connectivity index is 3.31. The SMILES string of the molecule is CC(O)c1cc(Br)cc([N+](=O)[O-])c1OCCO. The van der Waals surface area contributed by atoms with Gasteiger partial charge in [0, 0.05) is 16.1 Å². The number of hydrogen-bond donors (Lipinski definition) is 2. The summed E-state index contributed by atoms with van der Waals surface area (Å²) in [4.78, 5) is 10.3. The number of rotatable bonds is 5. The molecule has 1 atom stereocenters. The molecule has 0 bridgehead atoms. The molecular weight excluding hydrogens is 294 g/mol. The van der Waals surface area contributed by atoms with Crippen molar-refractivity contribution >= 4 is 21.6 Å². The third kappa shape index (κ3) is 3.39. The summed E-state index contributed by atoms with van der Waals surface area (Å²) >= 11 is 3.13. The van der Waals surface area contributed by atoms with Crippen LogP contribution in [-0.2, 0) is 0 Å². The van der Waals surface area contributed by atoms with E-state index in [1.165, 1.54) is 13.0 Å². The Hall–Kier alpha value is -1.18. The maximum absolute atomic E-state index is 10.9. The lowest BCUT2D eigenvalue weighted by molar-refractivity contribution is -0.386. The fraction of sp³-hybridized carbons (Fsp3) is 0.400. The smallest absolute Gasteiger partial charge is 0.312 e. The van der Waals surface area contributed by atoms with Crippen molar-refractivity contribution in [3.63, 3.8) is 0 Å². The zero-order valence-corrected chi connectivity index (χ0v) is 10.7. The Morgan fingerprint density at radius 1 is 1.59 bits per heavy atom. The van der Waals surface area contributed by atoms with Gasteiger partial charge in [-0.1, -0.05) is 15.9 Å². The first kappa shape index (κ1) is 13.9. The van der Waals surface area contributed by atoms with Crippen LogP contribution in [0.3, 0.4) is 0 Å². The lowest BCUT2D eigenvalue weighted by Gasteiger charge is -2.13. The van der Waals surface area contributed by atoms with Gasteiger partial charge in [-0.25, -0.2) is 0 Å². The summed E-state index contributed by atoms with van der Waals surface area (Å²) in [6.45, 7) is 1.16. The molecule has 0 aromatic heterocycles. The zero-order valence-electron chi connectivity index (χ0n) is 9.09. The van der Waals surface area contributed by atoms with Crippen LogP contribution < -0.4 is 4.74 Å². The predicted octanol–water partition coefficient (Wildman–Crippen LogP) is 1.78. The van der Waals surface area contributed by atoms with Crippen molar-refractivity contribution in [2.45, 2.75) is 13.0 Å². The number of aliphatic hydroxyl groups is 2. The minimum Gasteiger partial charge on any atom is -0.484 e. The number of aliphatic hydroxyl groups excluding tert-OH is 2. The number of halogens is 1.